The topological polar surface area (TPSA) is 24.5 Å². The fourth-order valence-corrected chi connectivity index (χ4v) is 2.75. The molecule has 0 radical (unpaired) electrons. The Morgan fingerprint density at radius 2 is 1.95 bits per heavy atom. The summed E-state index contributed by atoms with van der Waals surface area (Å²) in [5, 5.41) is 3.36. The maximum atomic E-state index is 12.1. The van der Waals surface area contributed by atoms with Crippen LogP contribution in [0.5, 0.6) is 5.75 Å². The normalized spacial score (nSPS) is 21.9. The maximum Gasteiger partial charge on any atom is 0.573 e. The predicted octanol–water partition coefficient (Wildman–Crippen LogP) is 3.73. The minimum atomic E-state index is -4.64. The molecule has 1 aromatic carbocycles. The zero-order valence-corrected chi connectivity index (χ0v) is 12.3. The number of benzene rings is 1. The van der Waals surface area contributed by atoms with Crippen molar-refractivity contribution in [1.82, 2.24) is 4.90 Å². The van der Waals surface area contributed by atoms with Crippen LogP contribution in [0.3, 0.4) is 0 Å². The van der Waals surface area contributed by atoms with Gasteiger partial charge in [0.1, 0.15) is 5.75 Å². The highest BCUT2D eigenvalue weighted by atomic mass is 19.4. The van der Waals surface area contributed by atoms with Crippen LogP contribution in [0.1, 0.15) is 19.8 Å². The third-order valence-corrected chi connectivity index (χ3v) is 3.85. The van der Waals surface area contributed by atoms with Crippen LogP contribution in [0.4, 0.5) is 18.9 Å². The van der Waals surface area contributed by atoms with Crippen LogP contribution in [-0.2, 0) is 0 Å². The molecule has 1 heterocycles. The molecule has 118 valence electrons. The largest absolute Gasteiger partial charge is 0.573 e. The van der Waals surface area contributed by atoms with Gasteiger partial charge in [-0.15, -0.1) is 13.2 Å². The number of nitrogens with one attached hydrogen (secondary N) is 1. The Hall–Kier alpha value is -1.43. The Kier molecular flexibility index (Phi) is 4.98. The molecular weight excluding hydrogens is 281 g/mol. The van der Waals surface area contributed by atoms with Gasteiger partial charge in [0, 0.05) is 18.3 Å². The van der Waals surface area contributed by atoms with Crippen molar-refractivity contribution >= 4 is 5.69 Å². The van der Waals surface area contributed by atoms with Crippen molar-refractivity contribution in [2.75, 3.05) is 25.5 Å². The molecule has 2 unspecified atom stereocenters. The summed E-state index contributed by atoms with van der Waals surface area (Å²) in [5.74, 6) is 0.355. The molecule has 0 bridgehead atoms. The molecule has 2 rings (SSSR count). The zero-order valence-electron chi connectivity index (χ0n) is 12.3. The summed E-state index contributed by atoms with van der Waals surface area (Å²) in [4.78, 5) is 2.31. The van der Waals surface area contributed by atoms with E-state index in [0.29, 0.717) is 5.92 Å². The quantitative estimate of drug-likeness (QED) is 0.917. The van der Waals surface area contributed by atoms with Crippen LogP contribution in [0.2, 0.25) is 0 Å². The molecule has 0 amide bonds. The van der Waals surface area contributed by atoms with Gasteiger partial charge in [-0.25, -0.2) is 0 Å². The van der Waals surface area contributed by atoms with Crippen LogP contribution >= 0.6 is 0 Å². The lowest BCUT2D eigenvalue weighted by molar-refractivity contribution is -0.274. The Balaban J connectivity index is 1.90. The van der Waals surface area contributed by atoms with E-state index in [9.17, 15) is 13.2 Å². The standard InChI is InChI=1S/C15H21F3N2O/c1-11(12-4-3-9-20(2)10-12)19-13-5-7-14(8-6-13)21-15(16,17)18/h5-8,11-12,19H,3-4,9-10H2,1-2H3. The van der Waals surface area contributed by atoms with Crippen molar-refractivity contribution in [1.29, 1.82) is 0 Å². The number of ether oxygens (including phenoxy) is 1. The van der Waals surface area contributed by atoms with E-state index in [2.05, 4.69) is 28.9 Å². The molecule has 0 saturated carbocycles. The van der Waals surface area contributed by atoms with Crippen molar-refractivity contribution in [2.24, 2.45) is 5.92 Å². The van der Waals surface area contributed by atoms with Crippen molar-refractivity contribution < 1.29 is 17.9 Å². The zero-order chi connectivity index (χ0) is 15.5. The number of likely N-dealkylation sites (tertiary alicyclic amines) is 1. The van der Waals surface area contributed by atoms with Gasteiger partial charge in [0.25, 0.3) is 0 Å². The smallest absolute Gasteiger partial charge is 0.406 e. The van der Waals surface area contributed by atoms with Crippen LogP contribution in [0.25, 0.3) is 0 Å². The van der Waals surface area contributed by atoms with Crippen molar-refractivity contribution in [3.05, 3.63) is 24.3 Å². The van der Waals surface area contributed by atoms with Crippen LogP contribution < -0.4 is 10.1 Å². The first kappa shape index (κ1) is 15.9. The highest BCUT2D eigenvalue weighted by Gasteiger charge is 2.31. The average Bonchev–Trinajstić information content (AvgIpc) is 2.39. The van der Waals surface area contributed by atoms with Gasteiger partial charge in [-0.1, -0.05) is 0 Å². The minimum absolute atomic E-state index is 0.196. The van der Waals surface area contributed by atoms with Crippen molar-refractivity contribution in [3.63, 3.8) is 0 Å². The number of rotatable bonds is 4. The molecule has 0 aliphatic carbocycles. The Labute approximate surface area is 123 Å². The Bertz CT molecular complexity index is 447. The number of anilines is 1. The number of hydrogen-bond acceptors (Lipinski definition) is 3. The van der Waals surface area contributed by atoms with E-state index in [0.717, 1.165) is 18.8 Å². The minimum Gasteiger partial charge on any atom is -0.406 e. The summed E-state index contributed by atoms with van der Waals surface area (Å²) in [6.07, 6.45) is -2.28. The van der Waals surface area contributed by atoms with Crippen LogP contribution in [0.15, 0.2) is 24.3 Å². The second-order valence-electron chi connectivity index (χ2n) is 5.67. The van der Waals surface area contributed by atoms with Crippen molar-refractivity contribution in [3.8, 4) is 5.75 Å². The molecule has 1 aromatic rings. The van der Waals surface area contributed by atoms with E-state index < -0.39 is 6.36 Å². The lowest BCUT2D eigenvalue weighted by Gasteiger charge is -2.34. The molecule has 21 heavy (non-hydrogen) atoms. The molecule has 1 aliphatic rings. The number of alkyl halides is 3. The van der Waals surface area contributed by atoms with E-state index in [-0.39, 0.29) is 11.8 Å². The lowest BCUT2D eigenvalue weighted by Crippen LogP contribution is -2.39. The average molecular weight is 302 g/mol. The highest BCUT2D eigenvalue weighted by molar-refractivity contribution is 5.47. The van der Waals surface area contributed by atoms with E-state index in [4.69, 9.17) is 0 Å². The Morgan fingerprint density at radius 3 is 2.52 bits per heavy atom. The van der Waals surface area contributed by atoms with Crippen LogP contribution in [0, 0.1) is 5.92 Å². The van der Waals surface area contributed by atoms with E-state index in [1.54, 1.807) is 12.1 Å². The molecule has 0 aromatic heterocycles. The lowest BCUT2D eigenvalue weighted by atomic mass is 9.92. The van der Waals surface area contributed by atoms with Gasteiger partial charge in [-0.2, -0.15) is 0 Å². The molecule has 2 atom stereocenters. The molecule has 3 nitrogen and oxygen atoms in total. The SMILES string of the molecule is CC(Nc1ccc(OC(F)(F)F)cc1)C1CCCN(C)C1. The predicted molar refractivity (Wildman–Crippen MR) is 76.4 cm³/mol. The molecule has 1 fully saturated rings. The number of hydrogen-bond donors (Lipinski definition) is 1. The third-order valence-electron chi connectivity index (χ3n) is 3.85. The first-order chi connectivity index (χ1) is 9.83. The molecule has 6 heteroatoms. The first-order valence-electron chi connectivity index (χ1n) is 7.14. The number of nitrogens with zero attached hydrogens (tertiary/aromatic N) is 1. The maximum absolute atomic E-state index is 12.1. The van der Waals surface area contributed by atoms with E-state index in [1.807, 2.05) is 0 Å². The second kappa shape index (κ2) is 6.56. The van der Waals surface area contributed by atoms with Gasteiger partial charge >= 0.3 is 6.36 Å². The third kappa shape index (κ3) is 5.12. The molecule has 0 spiro atoms. The number of halogens is 3. The fourth-order valence-electron chi connectivity index (χ4n) is 2.75. The Morgan fingerprint density at radius 1 is 1.29 bits per heavy atom. The summed E-state index contributed by atoms with van der Waals surface area (Å²) < 4.78 is 40.1. The van der Waals surface area contributed by atoms with Gasteiger partial charge in [0.05, 0.1) is 0 Å². The summed E-state index contributed by atoms with van der Waals surface area (Å²) in [5.41, 5.74) is 0.810. The molecule has 1 aliphatic heterocycles. The van der Waals surface area contributed by atoms with Gasteiger partial charge in [0.2, 0.25) is 0 Å². The molecular formula is C15H21F3N2O. The van der Waals surface area contributed by atoms with Gasteiger partial charge in [0.15, 0.2) is 0 Å². The van der Waals surface area contributed by atoms with Gasteiger partial charge < -0.3 is 15.0 Å². The van der Waals surface area contributed by atoms with Gasteiger partial charge in [-0.05, 0) is 63.5 Å². The summed E-state index contributed by atoms with van der Waals surface area (Å²) in [6.45, 7) is 4.29. The van der Waals surface area contributed by atoms with E-state index >= 15 is 0 Å². The highest BCUT2D eigenvalue weighted by Crippen LogP contribution is 2.26. The summed E-state index contributed by atoms with van der Waals surface area (Å²) in [7, 11) is 2.11. The van der Waals surface area contributed by atoms with Crippen LogP contribution in [-0.4, -0.2) is 37.4 Å². The first-order valence-corrected chi connectivity index (χ1v) is 7.14. The molecule has 1 N–H and O–H groups in total. The monoisotopic (exact) mass is 302 g/mol. The molecule has 1 saturated heterocycles. The summed E-state index contributed by atoms with van der Waals surface area (Å²) in [6, 6.07) is 6.17. The van der Waals surface area contributed by atoms with E-state index in [1.165, 1.54) is 25.0 Å². The second-order valence-corrected chi connectivity index (χ2v) is 5.67. The summed E-state index contributed by atoms with van der Waals surface area (Å²) >= 11 is 0. The fraction of sp³-hybridized carbons (Fsp3) is 0.600. The van der Waals surface area contributed by atoms with Gasteiger partial charge in [-0.3, -0.25) is 0 Å². The number of piperidine rings is 1. The van der Waals surface area contributed by atoms with Crippen molar-refractivity contribution in [2.45, 2.75) is 32.2 Å².